The van der Waals surface area contributed by atoms with E-state index in [1.807, 2.05) is 23.1 Å². The molecule has 0 atom stereocenters. The molecule has 2 aromatic heterocycles. The number of benzene rings is 9. The summed E-state index contributed by atoms with van der Waals surface area (Å²) in [5.74, 6) is 0. The van der Waals surface area contributed by atoms with Crippen LogP contribution in [0, 0.1) is 6.92 Å². The van der Waals surface area contributed by atoms with Gasteiger partial charge in [-0.15, -0.1) is 11.3 Å². The molecule has 0 saturated heterocycles. The average molecular weight is 816 g/mol. The van der Waals surface area contributed by atoms with Crippen molar-refractivity contribution in [1.29, 1.82) is 0 Å². The van der Waals surface area contributed by atoms with E-state index in [1.165, 1.54) is 113 Å². The summed E-state index contributed by atoms with van der Waals surface area (Å²) in [6, 6.07) is 75.6. The van der Waals surface area contributed by atoms with Crippen LogP contribution in [0.25, 0.3) is 92.7 Å². The van der Waals surface area contributed by atoms with Gasteiger partial charge in [0.25, 0.3) is 0 Å². The Kier molecular flexibility index (Phi) is 9.49. The smallest absolute Gasteiger partial charge is 0.0541 e. The normalized spacial score (nSPS) is 11.9. The van der Waals surface area contributed by atoms with Crippen LogP contribution in [0.5, 0.6) is 0 Å². The fraction of sp³-hybridized carbons (Fsp3) is 0.0345. The summed E-state index contributed by atoms with van der Waals surface area (Å²) in [5, 5.41) is 5.16. The van der Waals surface area contributed by atoms with Crippen molar-refractivity contribution in [2.24, 2.45) is 0 Å². The lowest BCUT2D eigenvalue weighted by Crippen LogP contribution is -1.93. The van der Waals surface area contributed by atoms with Gasteiger partial charge >= 0.3 is 0 Å². The Labute approximate surface area is 364 Å². The lowest BCUT2D eigenvalue weighted by Gasteiger charge is -2.15. The molecule has 0 unspecified atom stereocenters. The molecule has 0 fully saturated rings. The fourth-order valence-corrected chi connectivity index (χ4v) is 10.9. The lowest BCUT2D eigenvalue weighted by molar-refractivity contribution is 1.18. The number of aryl methyl sites for hydroxylation is 1. The van der Waals surface area contributed by atoms with Gasteiger partial charge in [0.15, 0.2) is 0 Å². The number of aromatic nitrogens is 1. The molecule has 0 aliphatic rings. The van der Waals surface area contributed by atoms with Crippen LogP contribution in [-0.2, 0) is 0 Å². The number of rotatable bonds is 8. The Morgan fingerprint density at radius 2 is 1.08 bits per heavy atom. The molecular weight excluding hydrogens is 775 g/mol. The second kappa shape index (κ2) is 15.6. The number of hydrogen-bond donors (Lipinski definition) is 0. The monoisotopic (exact) mass is 815 g/mol. The van der Waals surface area contributed by atoms with Gasteiger partial charge < -0.3 is 4.57 Å². The van der Waals surface area contributed by atoms with Crippen molar-refractivity contribution in [1.82, 2.24) is 4.57 Å². The third-order valence-corrected chi connectivity index (χ3v) is 14.0. The minimum absolute atomic E-state index is 1.19. The number of fused-ring (bicyclic) bond motifs is 6. The van der Waals surface area contributed by atoms with Crippen molar-refractivity contribution in [3.8, 4) is 39.1 Å². The second-order valence-corrected chi connectivity index (χ2v) is 18.1. The van der Waals surface area contributed by atoms with Crippen LogP contribution in [0.3, 0.4) is 0 Å². The molecule has 290 valence electrons. The Hall–Kier alpha value is -6.91. The summed E-state index contributed by atoms with van der Waals surface area (Å²) in [6.45, 7) is 4.47. The van der Waals surface area contributed by atoms with Gasteiger partial charge in [0.05, 0.1) is 11.0 Å². The van der Waals surface area contributed by atoms with Gasteiger partial charge in [-0.05, 0) is 148 Å². The SMILES string of the molecule is C/C(=C/c1cc(-c2ccccc2)cc(-c2ccccc2)c1)c1ccccc1-c1cc(Sc2ccc3c(c2)c2ccccc2n3-c2ccc3sc4ccccc4c3c2)ccc1C. The first-order valence-electron chi connectivity index (χ1n) is 20.8. The first kappa shape index (κ1) is 37.1. The minimum Gasteiger partial charge on any atom is -0.309 e. The molecule has 0 aliphatic heterocycles. The quantitative estimate of drug-likeness (QED) is 0.138. The van der Waals surface area contributed by atoms with Crippen molar-refractivity contribution in [3.05, 3.63) is 223 Å². The summed E-state index contributed by atoms with van der Waals surface area (Å²) in [7, 11) is 0. The highest BCUT2D eigenvalue weighted by Gasteiger charge is 2.16. The maximum Gasteiger partial charge on any atom is 0.0541 e. The van der Waals surface area contributed by atoms with E-state index in [0.717, 1.165) is 0 Å². The van der Waals surface area contributed by atoms with E-state index in [4.69, 9.17) is 0 Å². The molecular formula is C58H41NS2. The first-order valence-corrected chi connectivity index (χ1v) is 22.4. The van der Waals surface area contributed by atoms with Gasteiger partial charge in [-0.25, -0.2) is 0 Å². The Morgan fingerprint density at radius 3 is 1.87 bits per heavy atom. The van der Waals surface area contributed by atoms with Crippen LogP contribution in [0.1, 0.15) is 23.6 Å². The zero-order valence-corrected chi connectivity index (χ0v) is 35.6. The molecule has 0 bridgehead atoms. The minimum atomic E-state index is 1.19. The molecule has 0 saturated carbocycles. The predicted molar refractivity (Wildman–Crippen MR) is 265 cm³/mol. The van der Waals surface area contributed by atoms with E-state index in [-0.39, 0.29) is 0 Å². The van der Waals surface area contributed by atoms with Gasteiger partial charge in [-0.2, -0.15) is 0 Å². The lowest BCUT2D eigenvalue weighted by atomic mass is 9.91. The highest BCUT2D eigenvalue weighted by atomic mass is 32.2. The third-order valence-electron chi connectivity index (χ3n) is 11.9. The fourth-order valence-electron chi connectivity index (χ4n) is 8.96. The summed E-state index contributed by atoms with van der Waals surface area (Å²) in [5.41, 5.74) is 15.9. The van der Waals surface area contributed by atoms with Crippen LogP contribution >= 0.6 is 23.1 Å². The van der Waals surface area contributed by atoms with E-state index in [9.17, 15) is 0 Å². The maximum absolute atomic E-state index is 2.43. The number of thiophene rings is 1. The van der Waals surface area contributed by atoms with Crippen molar-refractivity contribution >= 4 is 76.7 Å². The molecule has 3 heteroatoms. The molecule has 9 aromatic carbocycles. The molecule has 0 aliphatic carbocycles. The number of allylic oxidation sites excluding steroid dienone is 1. The van der Waals surface area contributed by atoms with Crippen LogP contribution in [0.2, 0.25) is 0 Å². The van der Waals surface area contributed by atoms with E-state index in [2.05, 4.69) is 231 Å². The van der Waals surface area contributed by atoms with E-state index in [0.29, 0.717) is 0 Å². The summed E-state index contributed by atoms with van der Waals surface area (Å²) in [4.78, 5) is 2.44. The average Bonchev–Trinajstić information content (AvgIpc) is 3.85. The molecule has 0 spiro atoms. The van der Waals surface area contributed by atoms with Gasteiger partial charge in [0.1, 0.15) is 0 Å². The van der Waals surface area contributed by atoms with Crippen LogP contribution in [0.15, 0.2) is 216 Å². The second-order valence-electron chi connectivity index (χ2n) is 15.8. The number of para-hydroxylation sites is 1. The van der Waals surface area contributed by atoms with Crippen molar-refractivity contribution in [2.75, 3.05) is 0 Å². The van der Waals surface area contributed by atoms with Crippen LogP contribution in [-0.4, -0.2) is 4.57 Å². The zero-order valence-electron chi connectivity index (χ0n) is 34.0. The number of hydrogen-bond acceptors (Lipinski definition) is 2. The summed E-state index contributed by atoms with van der Waals surface area (Å²) in [6.07, 6.45) is 2.35. The van der Waals surface area contributed by atoms with Crippen molar-refractivity contribution in [3.63, 3.8) is 0 Å². The Morgan fingerprint density at radius 1 is 0.459 bits per heavy atom. The highest BCUT2D eigenvalue weighted by Crippen LogP contribution is 2.41. The number of nitrogens with zero attached hydrogens (tertiary/aromatic N) is 1. The predicted octanol–water partition coefficient (Wildman–Crippen LogP) is 17.2. The standard InChI is InChI=1S/C58H41NS2/c1-38-25-27-46(60-47-28-29-56-53(37-47)50-21-11-13-23-55(50)59(56)45-26-30-58-54(35-45)51-22-12-14-24-57(51)61-58)36-52(38)49-20-10-9-19-48(49)39(2)31-40-32-43(41-15-5-3-6-16-41)34-44(33-40)42-17-7-4-8-18-42/h3-37H,1-2H3/b39-31-. The maximum atomic E-state index is 2.43. The van der Waals surface area contributed by atoms with Gasteiger partial charge in [-0.3, -0.25) is 0 Å². The summed E-state index contributed by atoms with van der Waals surface area (Å²) >= 11 is 3.70. The first-order chi connectivity index (χ1) is 30.0. The van der Waals surface area contributed by atoms with Gasteiger partial charge in [-0.1, -0.05) is 145 Å². The molecule has 1 nitrogen and oxygen atoms in total. The van der Waals surface area contributed by atoms with Gasteiger partial charge in [0.2, 0.25) is 0 Å². The van der Waals surface area contributed by atoms with Crippen molar-refractivity contribution < 1.29 is 0 Å². The van der Waals surface area contributed by atoms with Crippen molar-refractivity contribution in [2.45, 2.75) is 23.6 Å². The molecule has 0 N–H and O–H groups in total. The molecule has 0 radical (unpaired) electrons. The summed E-state index contributed by atoms with van der Waals surface area (Å²) < 4.78 is 5.08. The van der Waals surface area contributed by atoms with E-state index < -0.39 is 0 Å². The van der Waals surface area contributed by atoms with Crippen LogP contribution < -0.4 is 0 Å². The van der Waals surface area contributed by atoms with Gasteiger partial charge in [0, 0.05) is 46.4 Å². The zero-order chi connectivity index (χ0) is 40.9. The largest absolute Gasteiger partial charge is 0.309 e. The molecule has 0 amide bonds. The third kappa shape index (κ3) is 6.96. The Balaban J connectivity index is 0.947. The van der Waals surface area contributed by atoms with Crippen LogP contribution in [0.4, 0.5) is 0 Å². The van der Waals surface area contributed by atoms with E-state index >= 15 is 0 Å². The highest BCUT2D eigenvalue weighted by molar-refractivity contribution is 7.99. The topological polar surface area (TPSA) is 4.93 Å². The molecule has 11 rings (SSSR count). The molecule has 61 heavy (non-hydrogen) atoms. The molecule has 11 aromatic rings. The van der Waals surface area contributed by atoms with E-state index in [1.54, 1.807) is 0 Å². The Bertz CT molecular complexity index is 3400. The molecule has 2 heterocycles.